The van der Waals surface area contributed by atoms with Crippen molar-refractivity contribution in [2.45, 2.75) is 59.3 Å². The third kappa shape index (κ3) is 3.57. The van der Waals surface area contributed by atoms with Gasteiger partial charge in [-0.2, -0.15) is 0 Å². The van der Waals surface area contributed by atoms with Crippen LogP contribution in [0.25, 0.3) is 0 Å². The Bertz CT molecular complexity index is 835. The number of aromatic hydroxyl groups is 2. The SMILES string of the molecule is C=C1CCC2=C(C)C(C)CCC2(C)C1Cc1cc(O)c(CC(=O)OC)cc1O. The lowest BCUT2D eigenvalue weighted by Crippen LogP contribution is -2.39. The molecule has 2 aliphatic carbocycles. The van der Waals surface area contributed by atoms with Gasteiger partial charge < -0.3 is 14.9 Å². The van der Waals surface area contributed by atoms with Crippen LogP contribution in [0, 0.1) is 17.3 Å². The predicted molar refractivity (Wildman–Crippen MR) is 110 cm³/mol. The number of hydrogen-bond donors (Lipinski definition) is 2. The summed E-state index contributed by atoms with van der Waals surface area (Å²) in [6.45, 7) is 11.3. The number of ether oxygens (including phenoxy) is 1. The molecule has 0 radical (unpaired) electrons. The number of phenols is 2. The molecule has 0 aliphatic heterocycles. The molecule has 0 bridgehead atoms. The van der Waals surface area contributed by atoms with E-state index in [0.29, 0.717) is 23.5 Å². The number of allylic oxidation sites excluding steroid dienone is 3. The summed E-state index contributed by atoms with van der Waals surface area (Å²) in [7, 11) is 1.31. The van der Waals surface area contributed by atoms with Crippen molar-refractivity contribution in [1.29, 1.82) is 0 Å². The van der Waals surface area contributed by atoms with Crippen LogP contribution in [-0.4, -0.2) is 23.3 Å². The number of rotatable bonds is 4. The molecule has 2 aliphatic rings. The van der Waals surface area contributed by atoms with Gasteiger partial charge in [-0.15, -0.1) is 0 Å². The zero-order valence-electron chi connectivity index (χ0n) is 17.5. The molecule has 1 fully saturated rings. The highest BCUT2D eigenvalue weighted by Crippen LogP contribution is 2.56. The topological polar surface area (TPSA) is 66.8 Å². The van der Waals surface area contributed by atoms with Gasteiger partial charge in [0.05, 0.1) is 13.5 Å². The highest BCUT2D eigenvalue weighted by Gasteiger charge is 2.45. The molecule has 0 saturated heterocycles. The monoisotopic (exact) mass is 384 g/mol. The molecule has 0 aromatic heterocycles. The molecule has 3 atom stereocenters. The Balaban J connectivity index is 1.93. The number of carbonyl (C=O) groups excluding carboxylic acids is 1. The molecule has 1 saturated carbocycles. The molecule has 1 aromatic carbocycles. The Morgan fingerprint density at radius 1 is 1.25 bits per heavy atom. The minimum atomic E-state index is -0.447. The smallest absolute Gasteiger partial charge is 0.310 e. The van der Waals surface area contributed by atoms with Crippen molar-refractivity contribution < 1.29 is 19.7 Å². The van der Waals surface area contributed by atoms with Crippen molar-refractivity contribution in [3.63, 3.8) is 0 Å². The largest absolute Gasteiger partial charge is 0.508 e. The first-order chi connectivity index (χ1) is 13.2. The van der Waals surface area contributed by atoms with Crippen molar-refractivity contribution in [2.24, 2.45) is 17.3 Å². The van der Waals surface area contributed by atoms with Gasteiger partial charge in [0.25, 0.3) is 0 Å². The first-order valence-corrected chi connectivity index (χ1v) is 10.2. The van der Waals surface area contributed by atoms with E-state index in [1.807, 2.05) is 0 Å². The summed E-state index contributed by atoms with van der Waals surface area (Å²) < 4.78 is 4.66. The summed E-state index contributed by atoms with van der Waals surface area (Å²) in [6.07, 6.45) is 4.93. The molecular formula is C24H32O4. The van der Waals surface area contributed by atoms with E-state index in [4.69, 9.17) is 0 Å². The van der Waals surface area contributed by atoms with Gasteiger partial charge >= 0.3 is 5.97 Å². The highest BCUT2D eigenvalue weighted by molar-refractivity contribution is 5.73. The van der Waals surface area contributed by atoms with Crippen molar-refractivity contribution >= 4 is 5.97 Å². The molecule has 152 valence electrons. The van der Waals surface area contributed by atoms with E-state index < -0.39 is 5.97 Å². The molecular weight excluding hydrogens is 352 g/mol. The van der Waals surface area contributed by atoms with Gasteiger partial charge in [-0.1, -0.05) is 37.1 Å². The Hall–Kier alpha value is -2.23. The number of fused-ring (bicyclic) bond motifs is 1. The molecule has 3 rings (SSSR count). The third-order valence-corrected chi connectivity index (χ3v) is 7.23. The van der Waals surface area contributed by atoms with Crippen molar-refractivity contribution in [3.05, 3.63) is 46.6 Å². The standard InChI is InChI=1S/C24H32O4/c1-14-8-9-24(4)19(16(14)3)7-6-15(2)20(24)10-17-11-22(26)18(12-21(17)25)13-23(27)28-5/h11-12,14,20,25-26H,2,6-10,13H2,1,3-5H3. The molecule has 4 heteroatoms. The van der Waals surface area contributed by atoms with Crippen LogP contribution in [0.2, 0.25) is 0 Å². The second-order valence-corrected chi connectivity index (χ2v) is 8.80. The van der Waals surface area contributed by atoms with E-state index in [0.717, 1.165) is 19.3 Å². The van der Waals surface area contributed by atoms with Gasteiger partial charge in [0.15, 0.2) is 0 Å². The summed E-state index contributed by atoms with van der Waals surface area (Å²) in [4.78, 5) is 11.5. The first-order valence-electron chi connectivity index (χ1n) is 10.2. The molecule has 1 aromatic rings. The summed E-state index contributed by atoms with van der Waals surface area (Å²) in [6, 6.07) is 3.08. The summed E-state index contributed by atoms with van der Waals surface area (Å²) in [5.41, 5.74) is 5.45. The third-order valence-electron chi connectivity index (χ3n) is 7.23. The molecule has 0 heterocycles. The van der Waals surface area contributed by atoms with E-state index in [-0.39, 0.29) is 29.3 Å². The number of methoxy groups -OCH3 is 1. The van der Waals surface area contributed by atoms with Crippen LogP contribution in [0.1, 0.15) is 57.6 Å². The maximum atomic E-state index is 11.5. The van der Waals surface area contributed by atoms with E-state index in [1.165, 1.54) is 30.7 Å². The van der Waals surface area contributed by atoms with Gasteiger partial charge in [-0.25, -0.2) is 0 Å². The fourth-order valence-corrected chi connectivity index (χ4v) is 5.19. The van der Waals surface area contributed by atoms with E-state index in [2.05, 4.69) is 32.1 Å². The van der Waals surface area contributed by atoms with E-state index in [1.54, 1.807) is 11.6 Å². The number of hydrogen-bond acceptors (Lipinski definition) is 4. The highest BCUT2D eigenvalue weighted by atomic mass is 16.5. The summed E-state index contributed by atoms with van der Waals surface area (Å²) >= 11 is 0. The number of benzene rings is 1. The Morgan fingerprint density at radius 2 is 1.89 bits per heavy atom. The summed E-state index contributed by atoms with van der Waals surface area (Å²) in [5.74, 6) is 0.553. The predicted octanol–water partition coefficient (Wildman–Crippen LogP) is 5.07. The van der Waals surface area contributed by atoms with E-state index >= 15 is 0 Å². The zero-order chi connectivity index (χ0) is 20.6. The van der Waals surface area contributed by atoms with Crippen LogP contribution in [0.15, 0.2) is 35.4 Å². The van der Waals surface area contributed by atoms with Crippen LogP contribution in [0.5, 0.6) is 11.5 Å². The van der Waals surface area contributed by atoms with Gasteiger partial charge in [-0.05, 0) is 74.0 Å². The molecule has 2 N–H and O–H groups in total. The maximum Gasteiger partial charge on any atom is 0.310 e. The van der Waals surface area contributed by atoms with Crippen LogP contribution < -0.4 is 0 Å². The average molecular weight is 385 g/mol. The second kappa shape index (κ2) is 7.65. The normalized spacial score (nSPS) is 27.5. The quantitative estimate of drug-likeness (QED) is 0.432. The Kier molecular flexibility index (Phi) is 5.60. The zero-order valence-corrected chi connectivity index (χ0v) is 17.5. The number of esters is 1. The maximum absolute atomic E-state index is 11.5. The van der Waals surface area contributed by atoms with Crippen molar-refractivity contribution in [3.8, 4) is 11.5 Å². The Morgan fingerprint density at radius 3 is 2.57 bits per heavy atom. The molecule has 4 nitrogen and oxygen atoms in total. The summed E-state index contributed by atoms with van der Waals surface area (Å²) in [5, 5.41) is 21.0. The van der Waals surface area contributed by atoms with Gasteiger partial charge in [0, 0.05) is 5.56 Å². The van der Waals surface area contributed by atoms with Crippen LogP contribution >= 0.6 is 0 Å². The second-order valence-electron chi connectivity index (χ2n) is 8.80. The van der Waals surface area contributed by atoms with Crippen LogP contribution in [0.3, 0.4) is 0 Å². The van der Waals surface area contributed by atoms with Gasteiger partial charge in [0.1, 0.15) is 11.5 Å². The number of carbonyl (C=O) groups is 1. The Labute approximate surface area is 167 Å². The average Bonchev–Trinajstić information content (AvgIpc) is 2.65. The molecule has 0 amide bonds. The minimum Gasteiger partial charge on any atom is -0.508 e. The van der Waals surface area contributed by atoms with Gasteiger partial charge in [-0.3, -0.25) is 4.79 Å². The van der Waals surface area contributed by atoms with Gasteiger partial charge in [0.2, 0.25) is 0 Å². The van der Waals surface area contributed by atoms with Crippen molar-refractivity contribution in [2.75, 3.05) is 7.11 Å². The lowest BCUT2D eigenvalue weighted by atomic mass is 9.55. The van der Waals surface area contributed by atoms with Crippen LogP contribution in [-0.2, 0) is 22.4 Å². The molecule has 28 heavy (non-hydrogen) atoms. The minimum absolute atomic E-state index is 0.0222. The fraction of sp³-hybridized carbons (Fsp3) is 0.542. The number of phenolic OH excluding ortho intramolecular Hbond substituents is 2. The van der Waals surface area contributed by atoms with Crippen LogP contribution in [0.4, 0.5) is 0 Å². The fourth-order valence-electron chi connectivity index (χ4n) is 5.19. The lowest BCUT2D eigenvalue weighted by molar-refractivity contribution is -0.139. The first kappa shape index (κ1) is 20.5. The van der Waals surface area contributed by atoms with Crippen molar-refractivity contribution in [1.82, 2.24) is 0 Å². The van der Waals surface area contributed by atoms with E-state index in [9.17, 15) is 15.0 Å². The lowest BCUT2D eigenvalue weighted by Gasteiger charge is -2.50. The molecule has 3 unspecified atom stereocenters. The molecule has 0 spiro atoms.